The van der Waals surface area contributed by atoms with Crippen molar-refractivity contribution in [3.05, 3.63) is 80.2 Å². The van der Waals surface area contributed by atoms with Gasteiger partial charge in [0.1, 0.15) is 0 Å². The molecule has 0 aliphatic carbocycles. The van der Waals surface area contributed by atoms with Crippen LogP contribution in [0.4, 0.5) is 0 Å². The summed E-state index contributed by atoms with van der Waals surface area (Å²) in [6, 6.07) is 7.08. The molecule has 0 spiro atoms. The average molecular weight is 384 g/mol. The summed E-state index contributed by atoms with van der Waals surface area (Å²) in [6.45, 7) is 6.44. The van der Waals surface area contributed by atoms with Crippen LogP contribution in [0.25, 0.3) is 16.9 Å². The van der Waals surface area contributed by atoms with Crippen molar-refractivity contribution in [3.8, 4) is 0 Å². The molecule has 3 heterocycles. The van der Waals surface area contributed by atoms with Crippen LogP contribution in [0.1, 0.15) is 11.3 Å². The second kappa shape index (κ2) is 6.28. The van der Waals surface area contributed by atoms with Crippen molar-refractivity contribution < 1.29 is 0 Å². The van der Waals surface area contributed by atoms with Gasteiger partial charge in [0, 0.05) is 30.5 Å². The average Bonchev–Trinajstić information content (AvgIpc) is 3.15. The largest absolute Gasteiger partial charge is 0.332 e. The molecule has 0 saturated carbocycles. The van der Waals surface area contributed by atoms with Gasteiger partial charge >= 0.3 is 5.69 Å². The SMILES string of the molecule is C=CCn1c(C)cn2c3c(=O)n(Cc4ccc(Cl)cc4)c(=O)n(C)c3nc12. The fourth-order valence-corrected chi connectivity index (χ4v) is 3.45. The van der Waals surface area contributed by atoms with Gasteiger partial charge in [-0.1, -0.05) is 29.8 Å². The second-order valence-electron chi connectivity index (χ2n) is 6.48. The van der Waals surface area contributed by atoms with E-state index in [0.29, 0.717) is 28.5 Å². The zero-order chi connectivity index (χ0) is 19.3. The molecule has 0 aliphatic heterocycles. The normalized spacial score (nSPS) is 11.5. The smallest absolute Gasteiger partial charge is 0.310 e. The zero-order valence-corrected chi connectivity index (χ0v) is 15.8. The lowest BCUT2D eigenvalue weighted by molar-refractivity contribution is 0.656. The van der Waals surface area contributed by atoms with Crippen LogP contribution in [0, 0.1) is 6.92 Å². The fraction of sp³-hybridized carbons (Fsp3) is 0.211. The Morgan fingerprint density at radius 2 is 1.89 bits per heavy atom. The maximum atomic E-state index is 13.2. The van der Waals surface area contributed by atoms with Crippen LogP contribution < -0.4 is 11.2 Å². The number of halogens is 1. The molecule has 8 heteroatoms. The van der Waals surface area contributed by atoms with Gasteiger partial charge in [0.25, 0.3) is 5.56 Å². The van der Waals surface area contributed by atoms with E-state index in [2.05, 4.69) is 11.6 Å². The molecule has 27 heavy (non-hydrogen) atoms. The van der Waals surface area contributed by atoms with Crippen molar-refractivity contribution in [1.82, 2.24) is 23.1 Å². The lowest BCUT2D eigenvalue weighted by atomic mass is 10.2. The quantitative estimate of drug-likeness (QED) is 0.508. The van der Waals surface area contributed by atoms with Gasteiger partial charge in [-0.2, -0.15) is 4.98 Å². The van der Waals surface area contributed by atoms with Gasteiger partial charge in [-0.3, -0.25) is 18.3 Å². The molecule has 0 saturated heterocycles. The number of imidazole rings is 2. The molecule has 4 aromatic rings. The van der Waals surface area contributed by atoms with Crippen LogP contribution in [0.15, 0.2) is 52.7 Å². The molecule has 3 aromatic heterocycles. The van der Waals surface area contributed by atoms with Crippen LogP contribution in [-0.4, -0.2) is 23.1 Å². The number of hydrogen-bond donors (Lipinski definition) is 0. The van der Waals surface area contributed by atoms with E-state index in [-0.39, 0.29) is 12.1 Å². The van der Waals surface area contributed by atoms with E-state index >= 15 is 0 Å². The first-order valence-corrected chi connectivity index (χ1v) is 8.83. The molecule has 0 amide bonds. The molecule has 0 radical (unpaired) electrons. The van der Waals surface area contributed by atoms with Crippen LogP contribution in [0.5, 0.6) is 0 Å². The predicted octanol–water partition coefficient (Wildman–Crippen LogP) is 2.35. The van der Waals surface area contributed by atoms with Crippen LogP contribution >= 0.6 is 11.6 Å². The summed E-state index contributed by atoms with van der Waals surface area (Å²) < 4.78 is 6.32. The van der Waals surface area contributed by atoms with Crippen molar-refractivity contribution in [2.24, 2.45) is 7.05 Å². The van der Waals surface area contributed by atoms with Crippen LogP contribution in [-0.2, 0) is 20.1 Å². The first kappa shape index (κ1) is 17.4. The lowest BCUT2D eigenvalue weighted by Gasteiger charge is -2.08. The summed E-state index contributed by atoms with van der Waals surface area (Å²) in [6.07, 6.45) is 3.62. The van der Waals surface area contributed by atoms with Gasteiger partial charge in [0.2, 0.25) is 5.78 Å². The monoisotopic (exact) mass is 383 g/mol. The van der Waals surface area contributed by atoms with Gasteiger partial charge in [0.15, 0.2) is 11.2 Å². The number of allylic oxidation sites excluding steroid dienone is 1. The number of benzene rings is 1. The molecule has 0 bridgehead atoms. The molecule has 0 atom stereocenters. The maximum absolute atomic E-state index is 13.2. The van der Waals surface area contributed by atoms with Gasteiger partial charge in [-0.15, -0.1) is 6.58 Å². The topological polar surface area (TPSA) is 66.2 Å². The Balaban J connectivity index is 2.01. The molecule has 0 unspecified atom stereocenters. The first-order chi connectivity index (χ1) is 12.9. The standard InChI is InChI=1S/C19H18ClN5O2/c1-4-9-23-12(2)10-24-15-16(21-18(23)24)22(3)19(27)25(17(15)26)11-13-5-7-14(20)8-6-13/h4-8,10H,1,9,11H2,2-3H3. The van der Waals surface area contributed by atoms with Crippen LogP contribution in [0.2, 0.25) is 5.02 Å². The van der Waals surface area contributed by atoms with E-state index in [1.807, 2.05) is 17.7 Å². The third kappa shape index (κ3) is 2.62. The van der Waals surface area contributed by atoms with E-state index in [4.69, 9.17) is 11.6 Å². The molecule has 4 rings (SSSR count). The Morgan fingerprint density at radius 3 is 2.56 bits per heavy atom. The van der Waals surface area contributed by atoms with E-state index in [1.54, 1.807) is 41.8 Å². The Labute approximate surface area is 159 Å². The Bertz CT molecular complexity index is 1300. The van der Waals surface area contributed by atoms with Crippen molar-refractivity contribution in [2.75, 3.05) is 0 Å². The third-order valence-corrected chi connectivity index (χ3v) is 4.96. The number of fused-ring (bicyclic) bond motifs is 3. The predicted molar refractivity (Wildman–Crippen MR) is 106 cm³/mol. The van der Waals surface area contributed by atoms with Gasteiger partial charge in [-0.25, -0.2) is 4.79 Å². The Hall–Kier alpha value is -3.06. The lowest BCUT2D eigenvalue weighted by Crippen LogP contribution is -2.39. The molecule has 1 aromatic carbocycles. The molecule has 0 N–H and O–H groups in total. The summed E-state index contributed by atoms with van der Waals surface area (Å²) in [4.78, 5) is 30.5. The number of rotatable bonds is 4. The first-order valence-electron chi connectivity index (χ1n) is 8.45. The minimum Gasteiger partial charge on any atom is -0.310 e. The number of aryl methyl sites for hydroxylation is 2. The summed E-state index contributed by atoms with van der Waals surface area (Å²) in [7, 11) is 1.62. The summed E-state index contributed by atoms with van der Waals surface area (Å²) in [5.41, 5.74) is 1.74. The van der Waals surface area contributed by atoms with Gasteiger partial charge < -0.3 is 4.57 Å². The van der Waals surface area contributed by atoms with E-state index in [9.17, 15) is 9.59 Å². The number of hydrogen-bond acceptors (Lipinski definition) is 3. The van der Waals surface area contributed by atoms with E-state index < -0.39 is 5.69 Å². The highest BCUT2D eigenvalue weighted by molar-refractivity contribution is 6.30. The van der Waals surface area contributed by atoms with Crippen molar-refractivity contribution >= 4 is 28.5 Å². The van der Waals surface area contributed by atoms with Gasteiger partial charge in [0.05, 0.1) is 6.54 Å². The molecule has 0 fully saturated rings. The Kier molecular flexibility index (Phi) is 4.04. The highest BCUT2D eigenvalue weighted by Gasteiger charge is 2.19. The van der Waals surface area contributed by atoms with E-state index in [1.165, 1.54) is 9.13 Å². The molecular weight excluding hydrogens is 366 g/mol. The summed E-state index contributed by atoms with van der Waals surface area (Å²) in [5, 5.41) is 0.603. The zero-order valence-electron chi connectivity index (χ0n) is 15.0. The van der Waals surface area contributed by atoms with E-state index in [0.717, 1.165) is 11.3 Å². The highest BCUT2D eigenvalue weighted by atomic mass is 35.5. The van der Waals surface area contributed by atoms with Gasteiger partial charge in [-0.05, 0) is 24.6 Å². The maximum Gasteiger partial charge on any atom is 0.332 e. The Morgan fingerprint density at radius 1 is 1.19 bits per heavy atom. The van der Waals surface area contributed by atoms with Crippen LogP contribution in [0.3, 0.4) is 0 Å². The summed E-state index contributed by atoms with van der Waals surface area (Å²) >= 11 is 5.92. The minimum absolute atomic E-state index is 0.165. The third-order valence-electron chi connectivity index (χ3n) is 4.71. The van der Waals surface area contributed by atoms with Crippen molar-refractivity contribution in [3.63, 3.8) is 0 Å². The van der Waals surface area contributed by atoms with Crippen molar-refractivity contribution in [2.45, 2.75) is 20.0 Å². The number of nitrogens with zero attached hydrogens (tertiary/aromatic N) is 5. The molecule has 7 nitrogen and oxygen atoms in total. The van der Waals surface area contributed by atoms with Crippen molar-refractivity contribution in [1.29, 1.82) is 0 Å². The summed E-state index contributed by atoms with van der Waals surface area (Å²) in [5.74, 6) is 0.610. The number of aromatic nitrogens is 5. The molecule has 138 valence electrons. The fourth-order valence-electron chi connectivity index (χ4n) is 3.32. The second-order valence-corrected chi connectivity index (χ2v) is 6.92. The minimum atomic E-state index is -0.407. The molecule has 0 aliphatic rings. The molecular formula is C19H18ClN5O2. The highest BCUT2D eigenvalue weighted by Crippen LogP contribution is 2.16.